The van der Waals surface area contributed by atoms with Gasteiger partial charge in [0.15, 0.2) is 0 Å². The van der Waals surface area contributed by atoms with E-state index >= 15 is 0 Å². The Hall–Kier alpha value is -0.850. The molecule has 0 amide bonds. The van der Waals surface area contributed by atoms with Crippen LogP contribution in [0.3, 0.4) is 0 Å². The summed E-state index contributed by atoms with van der Waals surface area (Å²) in [5.74, 6) is 0. The largest absolute Gasteiger partial charge is 0.262 e. The van der Waals surface area contributed by atoms with Gasteiger partial charge in [-0.25, -0.2) is 0 Å². The van der Waals surface area contributed by atoms with Gasteiger partial charge in [-0.15, -0.1) is 0 Å². The highest BCUT2D eigenvalue weighted by Crippen LogP contribution is 2.29. The minimum atomic E-state index is 0.149. The molecule has 0 aromatic rings. The van der Waals surface area contributed by atoms with Crippen molar-refractivity contribution in [1.29, 1.82) is 0 Å². The summed E-state index contributed by atoms with van der Waals surface area (Å²) < 4.78 is 0. The Morgan fingerprint density at radius 1 is 1.50 bits per heavy atom. The summed E-state index contributed by atoms with van der Waals surface area (Å²) in [7, 11) is 0. The molecule has 0 spiro atoms. The van der Waals surface area contributed by atoms with Crippen LogP contribution in [0.15, 0.2) is 29.9 Å². The zero-order valence-corrected chi connectivity index (χ0v) is 8.65. The highest BCUT2D eigenvalue weighted by atomic mass is 14.7. The Morgan fingerprint density at radius 3 is 2.33 bits per heavy atom. The lowest BCUT2D eigenvalue weighted by atomic mass is 9.80. The van der Waals surface area contributed by atoms with Gasteiger partial charge in [-0.2, -0.15) is 0 Å². The van der Waals surface area contributed by atoms with Crippen LogP contribution < -0.4 is 0 Å². The fraction of sp³-hybridized carbons (Fsp3) is 0.545. The monoisotopic (exact) mass is 165 g/mol. The van der Waals surface area contributed by atoms with Gasteiger partial charge < -0.3 is 0 Å². The molecule has 0 saturated heterocycles. The first-order valence-electron chi connectivity index (χ1n) is 4.30. The molecule has 12 heavy (non-hydrogen) atoms. The fourth-order valence-electron chi connectivity index (χ4n) is 0.918. The molecule has 0 unspecified atom stereocenters. The number of rotatable bonds is 4. The van der Waals surface area contributed by atoms with Crippen molar-refractivity contribution in [1.82, 2.24) is 0 Å². The highest BCUT2D eigenvalue weighted by Gasteiger charge is 2.20. The van der Waals surface area contributed by atoms with Crippen molar-refractivity contribution in [2.24, 2.45) is 10.4 Å². The average molecular weight is 165 g/mol. The van der Waals surface area contributed by atoms with Crippen LogP contribution >= 0.6 is 0 Å². The molecule has 0 fully saturated rings. The normalized spacial score (nSPS) is 12.8. The summed E-state index contributed by atoms with van der Waals surface area (Å²) in [4.78, 5) is 4.12. The summed E-state index contributed by atoms with van der Waals surface area (Å²) in [5.41, 5.74) is 2.23. The molecule has 0 bridgehead atoms. The molecule has 0 saturated carbocycles. The Kier molecular flexibility index (Phi) is 3.94. The van der Waals surface area contributed by atoms with Gasteiger partial charge >= 0.3 is 0 Å². The number of allylic oxidation sites excluding steroid dienone is 1. The topological polar surface area (TPSA) is 12.4 Å². The minimum absolute atomic E-state index is 0.149. The van der Waals surface area contributed by atoms with E-state index < -0.39 is 0 Å². The van der Waals surface area contributed by atoms with E-state index in [1.165, 1.54) is 0 Å². The predicted octanol–water partition coefficient (Wildman–Crippen LogP) is 3.58. The molecule has 0 aliphatic carbocycles. The molecule has 0 aromatic heterocycles. The van der Waals surface area contributed by atoms with Crippen LogP contribution in [-0.4, -0.2) is 5.71 Å². The van der Waals surface area contributed by atoms with Crippen LogP contribution in [-0.2, 0) is 0 Å². The summed E-state index contributed by atoms with van der Waals surface area (Å²) in [6, 6.07) is 0. The van der Waals surface area contributed by atoms with Gasteiger partial charge in [0.1, 0.15) is 0 Å². The van der Waals surface area contributed by atoms with Crippen molar-refractivity contribution in [2.75, 3.05) is 0 Å². The van der Waals surface area contributed by atoms with E-state index in [-0.39, 0.29) is 5.41 Å². The smallest absolute Gasteiger partial charge is 0.0403 e. The fourth-order valence-corrected chi connectivity index (χ4v) is 0.918. The summed E-state index contributed by atoms with van der Waals surface area (Å²) in [6.45, 7) is 16.1. The third-order valence-electron chi connectivity index (χ3n) is 2.42. The molecule has 0 heterocycles. The van der Waals surface area contributed by atoms with Crippen molar-refractivity contribution < 1.29 is 0 Å². The zero-order valence-electron chi connectivity index (χ0n) is 8.65. The molecule has 0 atom stereocenters. The first kappa shape index (κ1) is 11.2. The molecular formula is C11H19N. The van der Waals surface area contributed by atoms with Gasteiger partial charge in [-0.1, -0.05) is 33.9 Å². The summed E-state index contributed by atoms with van der Waals surface area (Å²) in [6.07, 6.45) is 2.64. The minimum Gasteiger partial charge on any atom is -0.262 e. The Balaban J connectivity index is 4.60. The van der Waals surface area contributed by atoms with Crippen molar-refractivity contribution in [3.05, 3.63) is 24.9 Å². The summed E-state index contributed by atoms with van der Waals surface area (Å²) >= 11 is 0. The van der Waals surface area contributed by atoms with Crippen LogP contribution in [0.5, 0.6) is 0 Å². The molecule has 0 aromatic carbocycles. The molecule has 0 aliphatic rings. The van der Waals surface area contributed by atoms with E-state index in [1.54, 1.807) is 6.20 Å². The first-order chi connectivity index (χ1) is 5.45. The van der Waals surface area contributed by atoms with Gasteiger partial charge in [0.05, 0.1) is 0 Å². The van der Waals surface area contributed by atoms with Gasteiger partial charge in [0.2, 0.25) is 0 Å². The number of nitrogens with zero attached hydrogens (tertiary/aromatic N) is 1. The number of hydrogen-bond acceptors (Lipinski definition) is 1. The van der Waals surface area contributed by atoms with E-state index in [0.717, 1.165) is 17.7 Å². The molecule has 0 N–H and O–H groups in total. The second-order valence-electron chi connectivity index (χ2n) is 3.61. The second kappa shape index (κ2) is 4.24. The molecule has 1 nitrogen and oxygen atoms in total. The van der Waals surface area contributed by atoms with Gasteiger partial charge in [0.25, 0.3) is 0 Å². The Bertz CT molecular complexity index is 209. The van der Waals surface area contributed by atoms with E-state index in [1.807, 2.05) is 6.92 Å². The third-order valence-corrected chi connectivity index (χ3v) is 2.42. The maximum Gasteiger partial charge on any atom is 0.0403 e. The van der Waals surface area contributed by atoms with Crippen molar-refractivity contribution in [3.63, 3.8) is 0 Å². The number of aliphatic imine (C=N–C) groups is 1. The molecular weight excluding hydrogens is 146 g/mol. The Labute approximate surface area is 75.9 Å². The van der Waals surface area contributed by atoms with Crippen LogP contribution in [0.4, 0.5) is 0 Å². The van der Waals surface area contributed by atoms with Crippen LogP contribution in [0.25, 0.3) is 0 Å². The lowest BCUT2D eigenvalue weighted by molar-refractivity contribution is 0.447. The highest BCUT2D eigenvalue weighted by molar-refractivity contribution is 5.99. The Morgan fingerprint density at radius 2 is 2.00 bits per heavy atom. The van der Waals surface area contributed by atoms with E-state index in [4.69, 9.17) is 0 Å². The molecule has 0 rings (SSSR count). The van der Waals surface area contributed by atoms with E-state index in [2.05, 4.69) is 38.9 Å². The third kappa shape index (κ3) is 2.65. The average Bonchev–Trinajstić information content (AvgIpc) is 2.03. The lowest BCUT2D eigenvalue weighted by Gasteiger charge is -2.25. The van der Waals surface area contributed by atoms with Crippen molar-refractivity contribution >= 4 is 5.71 Å². The van der Waals surface area contributed by atoms with Gasteiger partial charge in [-0.05, 0) is 24.3 Å². The molecule has 0 aliphatic heterocycles. The first-order valence-corrected chi connectivity index (χ1v) is 4.30. The van der Waals surface area contributed by atoms with Crippen molar-refractivity contribution in [3.8, 4) is 0 Å². The molecule has 68 valence electrons. The maximum atomic E-state index is 4.12. The van der Waals surface area contributed by atoms with Gasteiger partial charge in [-0.3, -0.25) is 4.99 Å². The van der Waals surface area contributed by atoms with E-state index in [9.17, 15) is 0 Å². The van der Waals surface area contributed by atoms with Crippen LogP contribution in [0.2, 0.25) is 0 Å². The maximum absolute atomic E-state index is 4.12. The molecule has 1 heteroatoms. The lowest BCUT2D eigenvalue weighted by Crippen LogP contribution is -2.17. The quantitative estimate of drug-likeness (QED) is 0.564. The second-order valence-corrected chi connectivity index (χ2v) is 3.61. The summed E-state index contributed by atoms with van der Waals surface area (Å²) in [5, 5.41) is 0. The number of hydrogen-bond donors (Lipinski definition) is 0. The predicted molar refractivity (Wildman–Crippen MR) is 56.5 cm³/mol. The van der Waals surface area contributed by atoms with E-state index in [0.29, 0.717) is 0 Å². The zero-order chi connectivity index (χ0) is 9.78. The van der Waals surface area contributed by atoms with Gasteiger partial charge in [0, 0.05) is 11.9 Å². The molecule has 0 radical (unpaired) electrons. The standard InChI is InChI=1S/C11H19N/c1-7-11(5,6)9(3)10(4)12-8-2/h8H,2-3,7H2,1,4-6H3. The van der Waals surface area contributed by atoms with Crippen molar-refractivity contribution in [2.45, 2.75) is 34.1 Å². The van der Waals surface area contributed by atoms with Crippen LogP contribution in [0, 0.1) is 5.41 Å². The SMILES string of the molecule is C=CN=C(C)C(=C)C(C)(C)CC. The van der Waals surface area contributed by atoms with Crippen LogP contribution in [0.1, 0.15) is 34.1 Å².